The molecule has 7 heteroatoms. The molecule has 160 valence electrons. The molecule has 1 N–H and O–H groups in total. The predicted molar refractivity (Wildman–Crippen MR) is 114 cm³/mol. The minimum absolute atomic E-state index is 0.283. The SMILES string of the molecule is C[C@H](NC(=O)COC(=O)CN1C(=O)[C@H]2CC=CC[C@H]2C1=O)c1cccc2ccccc12. The van der Waals surface area contributed by atoms with Gasteiger partial charge >= 0.3 is 5.97 Å². The number of ether oxygens (including phenoxy) is 1. The first kappa shape index (κ1) is 20.8. The first-order valence-electron chi connectivity index (χ1n) is 10.4. The maximum atomic E-state index is 12.4. The summed E-state index contributed by atoms with van der Waals surface area (Å²) in [5.41, 5.74) is 0.960. The lowest BCUT2D eigenvalue weighted by Gasteiger charge is -2.17. The molecule has 0 bridgehead atoms. The summed E-state index contributed by atoms with van der Waals surface area (Å²) < 4.78 is 5.03. The second-order valence-corrected chi connectivity index (χ2v) is 7.94. The number of nitrogens with one attached hydrogen (secondary N) is 1. The second-order valence-electron chi connectivity index (χ2n) is 7.94. The van der Waals surface area contributed by atoms with E-state index in [1.807, 2.05) is 61.5 Å². The van der Waals surface area contributed by atoms with Crippen LogP contribution in [0.4, 0.5) is 0 Å². The van der Waals surface area contributed by atoms with E-state index >= 15 is 0 Å². The number of benzene rings is 2. The highest BCUT2D eigenvalue weighted by Crippen LogP contribution is 2.34. The first-order chi connectivity index (χ1) is 15.0. The molecule has 1 heterocycles. The molecular formula is C24H24N2O5. The molecule has 3 amide bonds. The molecule has 1 saturated heterocycles. The number of fused-ring (bicyclic) bond motifs is 2. The fourth-order valence-corrected chi connectivity index (χ4v) is 4.33. The van der Waals surface area contributed by atoms with Crippen molar-refractivity contribution in [2.24, 2.45) is 11.8 Å². The third kappa shape index (κ3) is 4.21. The Labute approximate surface area is 180 Å². The van der Waals surface area contributed by atoms with Gasteiger partial charge in [-0.25, -0.2) is 0 Å². The van der Waals surface area contributed by atoms with Gasteiger partial charge in [0.15, 0.2) is 6.61 Å². The third-order valence-corrected chi connectivity index (χ3v) is 5.92. The average Bonchev–Trinajstić information content (AvgIpc) is 3.02. The fraction of sp³-hybridized carbons (Fsp3) is 0.333. The topological polar surface area (TPSA) is 92.8 Å². The summed E-state index contributed by atoms with van der Waals surface area (Å²) in [7, 11) is 0. The third-order valence-electron chi connectivity index (χ3n) is 5.92. The van der Waals surface area contributed by atoms with Gasteiger partial charge in [0.25, 0.3) is 5.91 Å². The Morgan fingerprint density at radius 1 is 1.03 bits per heavy atom. The van der Waals surface area contributed by atoms with Crippen molar-refractivity contribution >= 4 is 34.5 Å². The summed E-state index contributed by atoms with van der Waals surface area (Å²) in [5, 5.41) is 4.93. The quantitative estimate of drug-likeness (QED) is 0.440. The van der Waals surface area contributed by atoms with Crippen molar-refractivity contribution in [3.05, 3.63) is 60.2 Å². The number of imide groups is 1. The molecule has 31 heavy (non-hydrogen) atoms. The van der Waals surface area contributed by atoms with Crippen molar-refractivity contribution < 1.29 is 23.9 Å². The highest BCUT2D eigenvalue weighted by molar-refractivity contribution is 6.07. The Balaban J connectivity index is 1.30. The van der Waals surface area contributed by atoms with Crippen LogP contribution in [0.15, 0.2) is 54.6 Å². The van der Waals surface area contributed by atoms with Gasteiger partial charge in [0.1, 0.15) is 6.54 Å². The minimum atomic E-state index is -0.777. The van der Waals surface area contributed by atoms with Crippen LogP contribution in [0.1, 0.15) is 31.4 Å². The molecule has 0 radical (unpaired) electrons. The van der Waals surface area contributed by atoms with Crippen molar-refractivity contribution in [2.75, 3.05) is 13.2 Å². The summed E-state index contributed by atoms with van der Waals surface area (Å²) >= 11 is 0. The van der Waals surface area contributed by atoms with Crippen LogP contribution in [-0.2, 0) is 23.9 Å². The maximum Gasteiger partial charge on any atom is 0.326 e. The molecule has 3 atom stereocenters. The molecular weight excluding hydrogens is 396 g/mol. The number of esters is 1. The van der Waals surface area contributed by atoms with Gasteiger partial charge in [0, 0.05) is 0 Å². The molecule has 0 unspecified atom stereocenters. The van der Waals surface area contributed by atoms with Gasteiger partial charge in [-0.3, -0.25) is 24.1 Å². The number of hydrogen-bond acceptors (Lipinski definition) is 5. The van der Waals surface area contributed by atoms with E-state index in [0.29, 0.717) is 12.8 Å². The zero-order valence-corrected chi connectivity index (χ0v) is 17.2. The Morgan fingerprint density at radius 3 is 2.39 bits per heavy atom. The zero-order chi connectivity index (χ0) is 22.0. The van der Waals surface area contributed by atoms with Crippen molar-refractivity contribution in [3.8, 4) is 0 Å². The summed E-state index contributed by atoms with van der Waals surface area (Å²) in [4.78, 5) is 50.3. The number of rotatable bonds is 6. The molecule has 0 aromatic heterocycles. The lowest BCUT2D eigenvalue weighted by molar-refractivity contribution is -0.155. The minimum Gasteiger partial charge on any atom is -0.454 e. The summed E-state index contributed by atoms with van der Waals surface area (Å²) in [5.74, 6) is -2.70. The van der Waals surface area contributed by atoms with E-state index in [-0.39, 0.29) is 17.9 Å². The van der Waals surface area contributed by atoms with E-state index < -0.39 is 36.9 Å². The Bertz CT molecular complexity index is 1050. The summed E-state index contributed by atoms with van der Waals surface area (Å²) in [6.45, 7) is 0.925. The lowest BCUT2D eigenvalue weighted by atomic mass is 9.85. The van der Waals surface area contributed by atoms with Crippen molar-refractivity contribution in [3.63, 3.8) is 0 Å². The highest BCUT2D eigenvalue weighted by Gasteiger charge is 2.47. The second kappa shape index (κ2) is 8.71. The van der Waals surface area contributed by atoms with Crippen LogP contribution in [0.5, 0.6) is 0 Å². The van der Waals surface area contributed by atoms with E-state index in [0.717, 1.165) is 21.2 Å². The molecule has 7 nitrogen and oxygen atoms in total. The zero-order valence-electron chi connectivity index (χ0n) is 17.2. The number of nitrogens with zero attached hydrogens (tertiary/aromatic N) is 1. The fourth-order valence-electron chi connectivity index (χ4n) is 4.33. The molecule has 1 aliphatic carbocycles. The molecule has 0 spiro atoms. The van der Waals surface area contributed by atoms with Crippen LogP contribution in [-0.4, -0.2) is 41.7 Å². The lowest BCUT2D eigenvalue weighted by Crippen LogP contribution is -2.38. The van der Waals surface area contributed by atoms with E-state index in [4.69, 9.17) is 4.74 Å². The highest BCUT2D eigenvalue weighted by atomic mass is 16.5. The van der Waals surface area contributed by atoms with Gasteiger partial charge in [0.2, 0.25) is 11.8 Å². The van der Waals surface area contributed by atoms with Crippen LogP contribution < -0.4 is 5.32 Å². The van der Waals surface area contributed by atoms with Gasteiger partial charge in [-0.15, -0.1) is 0 Å². The van der Waals surface area contributed by atoms with Crippen molar-refractivity contribution in [2.45, 2.75) is 25.8 Å². The van der Waals surface area contributed by atoms with E-state index in [2.05, 4.69) is 5.32 Å². The normalized spacial score (nSPS) is 21.1. The number of likely N-dealkylation sites (tertiary alicyclic amines) is 1. The number of amides is 3. The maximum absolute atomic E-state index is 12.4. The molecule has 2 aliphatic rings. The number of hydrogen-bond donors (Lipinski definition) is 1. The van der Waals surface area contributed by atoms with Gasteiger partial charge in [-0.1, -0.05) is 54.6 Å². The van der Waals surface area contributed by atoms with E-state index in [1.165, 1.54) is 0 Å². The Hall–Kier alpha value is -3.48. The van der Waals surface area contributed by atoms with E-state index in [1.54, 1.807) is 0 Å². The molecule has 2 aromatic carbocycles. The van der Waals surface area contributed by atoms with Crippen LogP contribution in [0.25, 0.3) is 10.8 Å². The van der Waals surface area contributed by atoms with Crippen molar-refractivity contribution in [1.29, 1.82) is 0 Å². The van der Waals surface area contributed by atoms with E-state index in [9.17, 15) is 19.2 Å². The van der Waals surface area contributed by atoms with Gasteiger partial charge in [-0.05, 0) is 36.1 Å². The standard InChI is InChI=1S/C24H24N2O5/c1-15(17-12-6-8-16-7-2-3-9-18(16)17)25-21(27)14-31-22(28)13-26-23(29)19-10-4-5-11-20(19)24(26)30/h2-9,12,15,19-20H,10-11,13-14H2,1H3,(H,25,27)/t15-,19-,20+/m0/s1. The van der Waals surface area contributed by atoms with Gasteiger partial charge < -0.3 is 10.1 Å². The van der Waals surface area contributed by atoms with Crippen LogP contribution in [0.2, 0.25) is 0 Å². The van der Waals surface area contributed by atoms with Crippen LogP contribution in [0.3, 0.4) is 0 Å². The average molecular weight is 420 g/mol. The number of carbonyl (C=O) groups is 4. The van der Waals surface area contributed by atoms with Gasteiger partial charge in [0.05, 0.1) is 17.9 Å². The van der Waals surface area contributed by atoms with Crippen molar-refractivity contribution in [1.82, 2.24) is 10.2 Å². The summed E-state index contributed by atoms with van der Waals surface area (Å²) in [6.07, 6.45) is 4.79. The Kier molecular flexibility index (Phi) is 5.84. The smallest absolute Gasteiger partial charge is 0.326 e. The largest absolute Gasteiger partial charge is 0.454 e. The molecule has 2 aromatic rings. The predicted octanol–water partition coefficient (Wildman–Crippen LogP) is 2.51. The first-order valence-corrected chi connectivity index (χ1v) is 10.4. The summed E-state index contributed by atoms with van der Waals surface area (Å²) in [6, 6.07) is 13.5. The Morgan fingerprint density at radius 2 is 1.68 bits per heavy atom. The molecule has 0 saturated carbocycles. The monoisotopic (exact) mass is 420 g/mol. The van der Waals surface area contributed by atoms with Crippen LogP contribution in [0, 0.1) is 11.8 Å². The number of carbonyl (C=O) groups excluding carboxylic acids is 4. The van der Waals surface area contributed by atoms with Gasteiger partial charge in [-0.2, -0.15) is 0 Å². The molecule has 1 aliphatic heterocycles. The number of allylic oxidation sites excluding steroid dienone is 2. The van der Waals surface area contributed by atoms with Crippen LogP contribution >= 0.6 is 0 Å². The molecule has 1 fully saturated rings. The molecule has 4 rings (SSSR count).